The first kappa shape index (κ1) is 17.6. The monoisotopic (exact) mass is 336 g/mol. The molecule has 0 fully saturated rings. The summed E-state index contributed by atoms with van der Waals surface area (Å²) in [7, 11) is 0. The first-order valence-electron chi connectivity index (χ1n) is 7.32. The van der Waals surface area contributed by atoms with Crippen molar-refractivity contribution in [1.82, 2.24) is 9.97 Å². The van der Waals surface area contributed by atoms with Crippen LogP contribution in [0.4, 0.5) is 26.1 Å². The lowest BCUT2D eigenvalue weighted by Gasteiger charge is -2.15. The molecule has 2 heterocycles. The predicted octanol–water partition coefficient (Wildman–Crippen LogP) is 3.69. The van der Waals surface area contributed by atoms with Crippen molar-refractivity contribution in [2.24, 2.45) is 0 Å². The Kier molecular flexibility index (Phi) is 5.28. The van der Waals surface area contributed by atoms with Gasteiger partial charge in [-0.15, -0.1) is 0 Å². The molecule has 0 saturated heterocycles. The van der Waals surface area contributed by atoms with Crippen LogP contribution in [0.15, 0.2) is 30.5 Å². The number of amides is 1. The van der Waals surface area contributed by atoms with Crippen molar-refractivity contribution in [3.05, 3.63) is 36.2 Å². The third kappa shape index (κ3) is 4.61. The third-order valence-corrected chi connectivity index (χ3v) is 2.93. The third-order valence-electron chi connectivity index (χ3n) is 2.93. The first-order valence-corrected chi connectivity index (χ1v) is 7.32. The normalized spacial score (nSPS) is 11.0. The van der Waals surface area contributed by atoms with E-state index in [1.54, 1.807) is 12.1 Å². The molecule has 8 heteroatoms. The average molecular weight is 336 g/mol. The van der Waals surface area contributed by atoms with Crippen LogP contribution < -0.4 is 15.4 Å². The Balaban J connectivity index is 2.34. The molecule has 0 unspecified atom stereocenters. The molecular formula is C16H18F2N4O2. The van der Waals surface area contributed by atoms with Gasteiger partial charge in [0, 0.05) is 19.9 Å². The van der Waals surface area contributed by atoms with E-state index in [1.165, 1.54) is 25.3 Å². The molecule has 2 N–H and O–H groups in total. The van der Waals surface area contributed by atoms with Gasteiger partial charge in [0.25, 0.3) is 5.92 Å². The quantitative estimate of drug-likeness (QED) is 0.841. The molecule has 0 radical (unpaired) electrons. The van der Waals surface area contributed by atoms with E-state index >= 15 is 0 Å². The molecule has 2 rings (SSSR count). The second kappa shape index (κ2) is 7.20. The lowest BCUT2D eigenvalue weighted by molar-refractivity contribution is -0.114. The van der Waals surface area contributed by atoms with E-state index in [0.29, 0.717) is 23.9 Å². The summed E-state index contributed by atoms with van der Waals surface area (Å²) in [6, 6.07) is 5.84. The molecule has 0 aliphatic rings. The van der Waals surface area contributed by atoms with Crippen LogP contribution in [-0.4, -0.2) is 22.5 Å². The second-order valence-electron chi connectivity index (χ2n) is 5.10. The summed E-state index contributed by atoms with van der Waals surface area (Å²) < 4.78 is 32.3. The number of hydrogen-bond acceptors (Lipinski definition) is 5. The van der Waals surface area contributed by atoms with Gasteiger partial charge in [-0.1, -0.05) is 6.07 Å². The zero-order valence-electron chi connectivity index (χ0n) is 13.6. The molecule has 0 aromatic carbocycles. The summed E-state index contributed by atoms with van der Waals surface area (Å²) in [6.07, 6.45) is 1.44. The fraction of sp³-hybridized carbons (Fsp3) is 0.312. The van der Waals surface area contributed by atoms with Gasteiger partial charge >= 0.3 is 0 Å². The number of aromatic nitrogens is 2. The van der Waals surface area contributed by atoms with Crippen LogP contribution in [0.1, 0.15) is 26.5 Å². The Labute approximate surface area is 138 Å². The van der Waals surface area contributed by atoms with Crippen molar-refractivity contribution in [1.29, 1.82) is 0 Å². The molecule has 0 bridgehead atoms. The number of nitrogens with one attached hydrogen (secondary N) is 2. The highest BCUT2D eigenvalue weighted by Crippen LogP contribution is 2.30. The smallest absolute Gasteiger partial charge is 0.287 e. The highest BCUT2D eigenvalue weighted by molar-refractivity contribution is 5.88. The van der Waals surface area contributed by atoms with Crippen molar-refractivity contribution in [2.75, 3.05) is 17.2 Å². The zero-order valence-corrected chi connectivity index (χ0v) is 13.6. The SMILES string of the molecule is CCOc1cnc(NC(C)=O)cc1Nc1cccc(C(C)(F)F)n1. The predicted molar refractivity (Wildman–Crippen MR) is 86.8 cm³/mol. The summed E-state index contributed by atoms with van der Waals surface area (Å²) in [6.45, 7) is 4.35. The second-order valence-corrected chi connectivity index (χ2v) is 5.10. The molecule has 2 aromatic rings. The molecular weight excluding hydrogens is 318 g/mol. The number of halogens is 2. The minimum atomic E-state index is -3.04. The Morgan fingerprint density at radius 1 is 1.33 bits per heavy atom. The van der Waals surface area contributed by atoms with Gasteiger partial charge in [-0.25, -0.2) is 9.97 Å². The van der Waals surface area contributed by atoms with Crippen LogP contribution in [0.25, 0.3) is 0 Å². The largest absolute Gasteiger partial charge is 0.490 e. The Bertz CT molecular complexity index is 732. The number of pyridine rings is 2. The van der Waals surface area contributed by atoms with Crippen molar-refractivity contribution in [3.63, 3.8) is 0 Å². The molecule has 2 aromatic heterocycles. The van der Waals surface area contributed by atoms with E-state index in [9.17, 15) is 13.6 Å². The first-order chi connectivity index (χ1) is 11.3. The van der Waals surface area contributed by atoms with E-state index in [0.717, 1.165) is 6.92 Å². The average Bonchev–Trinajstić information content (AvgIpc) is 2.49. The molecule has 0 saturated carbocycles. The van der Waals surface area contributed by atoms with Crippen LogP contribution in [0.3, 0.4) is 0 Å². The van der Waals surface area contributed by atoms with Crippen LogP contribution in [0, 0.1) is 0 Å². The van der Waals surface area contributed by atoms with Crippen LogP contribution in [0.2, 0.25) is 0 Å². The summed E-state index contributed by atoms with van der Waals surface area (Å²) in [4.78, 5) is 19.1. The van der Waals surface area contributed by atoms with Crippen molar-refractivity contribution in [3.8, 4) is 5.75 Å². The minimum absolute atomic E-state index is 0.231. The number of anilines is 3. The standard InChI is InChI=1S/C16H18F2N4O2/c1-4-24-12-9-19-15(20-10(2)23)8-11(12)21-14-7-5-6-13(22-14)16(3,17)18/h5-9H,4H2,1-3H3,(H2,19,20,21,22,23). The van der Waals surface area contributed by atoms with E-state index < -0.39 is 5.92 Å². The van der Waals surface area contributed by atoms with Gasteiger partial charge < -0.3 is 15.4 Å². The number of rotatable bonds is 6. The van der Waals surface area contributed by atoms with Gasteiger partial charge in [0.2, 0.25) is 5.91 Å². The molecule has 128 valence electrons. The lowest BCUT2D eigenvalue weighted by atomic mass is 10.2. The van der Waals surface area contributed by atoms with Crippen molar-refractivity contribution < 1.29 is 18.3 Å². The fourth-order valence-electron chi connectivity index (χ4n) is 1.95. The van der Waals surface area contributed by atoms with Gasteiger partial charge in [-0.05, 0) is 19.1 Å². The van der Waals surface area contributed by atoms with Gasteiger partial charge in [-0.2, -0.15) is 8.78 Å². The molecule has 24 heavy (non-hydrogen) atoms. The highest BCUT2D eigenvalue weighted by Gasteiger charge is 2.26. The van der Waals surface area contributed by atoms with Crippen LogP contribution in [-0.2, 0) is 10.7 Å². The molecule has 6 nitrogen and oxygen atoms in total. The maximum atomic E-state index is 13.4. The van der Waals surface area contributed by atoms with Crippen LogP contribution in [0.5, 0.6) is 5.75 Å². The summed E-state index contributed by atoms with van der Waals surface area (Å²) in [5.41, 5.74) is 0.112. The van der Waals surface area contributed by atoms with E-state index in [4.69, 9.17) is 4.74 Å². The Morgan fingerprint density at radius 3 is 2.71 bits per heavy atom. The zero-order chi connectivity index (χ0) is 17.7. The Hall–Kier alpha value is -2.77. The summed E-state index contributed by atoms with van der Waals surface area (Å²) in [5, 5.41) is 5.47. The van der Waals surface area contributed by atoms with Gasteiger partial charge in [0.05, 0.1) is 18.5 Å². The number of carbonyl (C=O) groups excluding carboxylic acids is 1. The number of carbonyl (C=O) groups is 1. The van der Waals surface area contributed by atoms with Crippen molar-refractivity contribution in [2.45, 2.75) is 26.7 Å². The summed E-state index contributed by atoms with van der Waals surface area (Å²) in [5.74, 6) is -2.36. The molecule has 0 atom stereocenters. The number of hydrogen-bond donors (Lipinski definition) is 2. The van der Waals surface area contributed by atoms with Crippen LogP contribution >= 0.6 is 0 Å². The summed E-state index contributed by atoms with van der Waals surface area (Å²) >= 11 is 0. The molecule has 1 amide bonds. The van der Waals surface area contributed by atoms with Gasteiger partial charge in [-0.3, -0.25) is 4.79 Å². The van der Waals surface area contributed by atoms with E-state index in [1.807, 2.05) is 6.92 Å². The molecule has 0 aliphatic carbocycles. The maximum Gasteiger partial charge on any atom is 0.287 e. The highest BCUT2D eigenvalue weighted by atomic mass is 19.3. The van der Waals surface area contributed by atoms with Gasteiger partial charge in [0.1, 0.15) is 17.3 Å². The van der Waals surface area contributed by atoms with Gasteiger partial charge in [0.15, 0.2) is 5.75 Å². The molecule has 0 spiro atoms. The fourth-order valence-corrected chi connectivity index (χ4v) is 1.95. The minimum Gasteiger partial charge on any atom is -0.490 e. The van der Waals surface area contributed by atoms with E-state index in [2.05, 4.69) is 20.6 Å². The van der Waals surface area contributed by atoms with E-state index in [-0.39, 0.29) is 17.4 Å². The Morgan fingerprint density at radius 2 is 2.08 bits per heavy atom. The maximum absolute atomic E-state index is 13.4. The molecule has 0 aliphatic heterocycles. The number of nitrogens with zero attached hydrogens (tertiary/aromatic N) is 2. The topological polar surface area (TPSA) is 76.1 Å². The number of ether oxygens (including phenoxy) is 1. The van der Waals surface area contributed by atoms with Crippen molar-refractivity contribution >= 4 is 23.2 Å². The lowest BCUT2D eigenvalue weighted by Crippen LogP contribution is -2.11. The number of alkyl halides is 2.